The third-order valence-electron chi connectivity index (χ3n) is 1.64. The van der Waals surface area contributed by atoms with Gasteiger partial charge in [-0.15, -0.1) is 0 Å². The summed E-state index contributed by atoms with van der Waals surface area (Å²) >= 11 is 0. The van der Waals surface area contributed by atoms with Crippen LogP contribution in [0.5, 0.6) is 0 Å². The van der Waals surface area contributed by atoms with Crippen LogP contribution in [-0.4, -0.2) is 31.0 Å². The third kappa shape index (κ3) is 0.840. The molecule has 9 heavy (non-hydrogen) atoms. The second-order valence-corrected chi connectivity index (χ2v) is 2.45. The molecule has 4 heteroatoms. The van der Waals surface area contributed by atoms with Crippen LogP contribution in [0.4, 0.5) is 0 Å². The molecule has 3 saturated heterocycles. The zero-order valence-corrected chi connectivity index (χ0v) is 4.96. The topological polar surface area (TPSA) is 50.7 Å². The molecule has 3 aliphatic heterocycles. The average Bonchev–Trinajstić information content (AvgIpc) is 1.90. The van der Waals surface area contributed by atoms with Gasteiger partial charge >= 0.3 is 6.10 Å². The summed E-state index contributed by atoms with van der Waals surface area (Å²) in [6.45, 7) is 1.99. The van der Waals surface area contributed by atoms with Crippen LogP contribution in [0.25, 0.3) is 0 Å². The summed E-state index contributed by atoms with van der Waals surface area (Å²) in [4.78, 5) is 0. The lowest BCUT2D eigenvalue weighted by Gasteiger charge is -2.42. The van der Waals surface area contributed by atoms with Gasteiger partial charge in [0.15, 0.2) is 0 Å². The van der Waals surface area contributed by atoms with Crippen LogP contribution in [0.1, 0.15) is 0 Å². The normalized spacial score (nSPS) is 49.7. The van der Waals surface area contributed by atoms with Crippen molar-refractivity contribution in [2.75, 3.05) is 19.8 Å². The van der Waals surface area contributed by atoms with Crippen LogP contribution in [0.15, 0.2) is 0 Å². The van der Waals surface area contributed by atoms with E-state index >= 15 is 0 Å². The van der Waals surface area contributed by atoms with E-state index in [4.69, 9.17) is 14.6 Å². The smallest absolute Gasteiger partial charge is 0.330 e. The van der Waals surface area contributed by atoms with Crippen LogP contribution in [0, 0.1) is 5.92 Å². The van der Waals surface area contributed by atoms with E-state index in [2.05, 4.69) is 5.32 Å². The summed E-state index contributed by atoms with van der Waals surface area (Å²) in [7, 11) is 0. The highest BCUT2D eigenvalue weighted by Gasteiger charge is 2.41. The van der Waals surface area contributed by atoms with Gasteiger partial charge in [-0.3, -0.25) is 0 Å². The quantitative estimate of drug-likeness (QED) is 0.436. The Morgan fingerprint density at radius 3 is 2.33 bits per heavy atom. The molecule has 3 fully saturated rings. The van der Waals surface area contributed by atoms with Gasteiger partial charge in [0.25, 0.3) is 0 Å². The predicted octanol–water partition coefficient (Wildman–Crippen LogP) is -1.14. The van der Waals surface area contributed by atoms with Crippen molar-refractivity contribution in [1.29, 1.82) is 0 Å². The zero-order valence-electron chi connectivity index (χ0n) is 4.96. The van der Waals surface area contributed by atoms with Gasteiger partial charge < -0.3 is 14.6 Å². The highest BCUT2D eigenvalue weighted by atomic mass is 16.8. The van der Waals surface area contributed by atoms with Crippen molar-refractivity contribution in [1.82, 2.24) is 5.32 Å². The maximum Gasteiger partial charge on any atom is 0.348 e. The number of aliphatic hydroxyl groups is 1. The maximum atomic E-state index is 9.16. The Bertz CT molecular complexity index is 106. The summed E-state index contributed by atoms with van der Waals surface area (Å²) in [6.07, 6.45) is -1.46. The number of fused-ring (bicyclic) bond motifs is 3. The second kappa shape index (κ2) is 1.67. The van der Waals surface area contributed by atoms with E-state index in [1.165, 1.54) is 0 Å². The first kappa shape index (κ1) is 5.61. The molecule has 3 aliphatic rings. The predicted molar refractivity (Wildman–Crippen MR) is 28.3 cm³/mol. The lowest BCUT2D eigenvalue weighted by molar-refractivity contribution is -0.427. The van der Waals surface area contributed by atoms with Gasteiger partial charge in [-0.05, 0) is 0 Å². The molecular weight excluding hydrogens is 122 g/mol. The van der Waals surface area contributed by atoms with Gasteiger partial charge in [-0.25, -0.2) is 5.32 Å². The molecule has 0 aliphatic carbocycles. The summed E-state index contributed by atoms with van der Waals surface area (Å²) in [6, 6.07) is 0. The van der Waals surface area contributed by atoms with Gasteiger partial charge in [0.2, 0.25) is 0 Å². The fourth-order valence-corrected chi connectivity index (χ4v) is 1.04. The first-order valence-corrected chi connectivity index (χ1v) is 3.04. The number of hydrogen-bond donors (Lipinski definition) is 2. The van der Waals surface area contributed by atoms with E-state index in [0.29, 0.717) is 19.1 Å². The second-order valence-electron chi connectivity index (χ2n) is 2.45. The van der Waals surface area contributed by atoms with Crippen LogP contribution >= 0.6 is 0 Å². The van der Waals surface area contributed by atoms with E-state index in [-0.39, 0.29) is 0 Å². The molecule has 2 bridgehead atoms. The minimum Gasteiger partial charge on any atom is -0.330 e. The van der Waals surface area contributed by atoms with Crippen molar-refractivity contribution in [3.05, 3.63) is 0 Å². The highest BCUT2D eigenvalue weighted by Crippen LogP contribution is 2.21. The Morgan fingerprint density at radius 2 is 2.11 bits per heavy atom. The number of rotatable bonds is 0. The Labute approximate surface area is 52.8 Å². The standard InChI is InChI=1S/C5H9NO3/c7-5-6-1-4(2-8-5)3-9-5/h4,6-7H,1-3H2. The minimum absolute atomic E-state index is 0.416. The zero-order chi connectivity index (χ0) is 6.32. The van der Waals surface area contributed by atoms with Crippen molar-refractivity contribution < 1.29 is 14.6 Å². The van der Waals surface area contributed by atoms with Crippen molar-refractivity contribution in [3.63, 3.8) is 0 Å². The summed E-state index contributed by atoms with van der Waals surface area (Å²) < 4.78 is 9.77. The first-order chi connectivity index (χ1) is 4.29. The molecule has 4 nitrogen and oxygen atoms in total. The van der Waals surface area contributed by atoms with E-state index < -0.39 is 6.10 Å². The molecule has 3 heterocycles. The molecule has 0 aromatic heterocycles. The number of ether oxygens (including phenoxy) is 2. The lowest BCUT2D eigenvalue weighted by atomic mass is 10.1. The Hall–Kier alpha value is -0.160. The largest absolute Gasteiger partial charge is 0.348 e. The Morgan fingerprint density at radius 1 is 1.44 bits per heavy atom. The molecule has 3 rings (SSSR count). The van der Waals surface area contributed by atoms with Crippen LogP contribution in [-0.2, 0) is 9.47 Å². The van der Waals surface area contributed by atoms with Crippen LogP contribution in [0.3, 0.4) is 0 Å². The lowest BCUT2D eigenvalue weighted by Crippen LogP contribution is -2.62. The maximum absolute atomic E-state index is 9.16. The van der Waals surface area contributed by atoms with Gasteiger partial charge in [-0.1, -0.05) is 0 Å². The highest BCUT2D eigenvalue weighted by molar-refractivity contribution is 4.74. The Kier molecular flexibility index (Phi) is 1.04. The average molecular weight is 131 g/mol. The summed E-state index contributed by atoms with van der Waals surface area (Å²) in [5.41, 5.74) is 0. The van der Waals surface area contributed by atoms with Crippen LogP contribution < -0.4 is 5.32 Å². The van der Waals surface area contributed by atoms with Gasteiger partial charge in [0, 0.05) is 12.5 Å². The molecule has 0 unspecified atom stereocenters. The van der Waals surface area contributed by atoms with E-state index in [1.807, 2.05) is 0 Å². The Balaban J connectivity index is 2.11. The molecule has 0 amide bonds. The van der Waals surface area contributed by atoms with Crippen molar-refractivity contribution >= 4 is 0 Å². The number of nitrogens with one attached hydrogen (secondary N) is 1. The SMILES string of the molecule is OC12NCC(CO1)CO2. The fourth-order valence-electron chi connectivity index (χ4n) is 1.04. The molecular formula is C5H9NO3. The van der Waals surface area contributed by atoms with Crippen molar-refractivity contribution in [2.24, 2.45) is 5.92 Å². The monoisotopic (exact) mass is 131 g/mol. The first-order valence-electron chi connectivity index (χ1n) is 3.04. The molecule has 0 radical (unpaired) electrons. The van der Waals surface area contributed by atoms with Crippen LogP contribution in [0.2, 0.25) is 0 Å². The molecule has 0 aromatic rings. The van der Waals surface area contributed by atoms with Gasteiger partial charge in [0.1, 0.15) is 0 Å². The number of hydrogen-bond acceptors (Lipinski definition) is 4. The van der Waals surface area contributed by atoms with E-state index in [1.54, 1.807) is 0 Å². The molecule has 0 spiro atoms. The third-order valence-corrected chi connectivity index (χ3v) is 1.64. The summed E-state index contributed by atoms with van der Waals surface area (Å²) in [5, 5.41) is 11.9. The van der Waals surface area contributed by atoms with Gasteiger partial charge in [0.05, 0.1) is 13.2 Å². The van der Waals surface area contributed by atoms with E-state index in [9.17, 15) is 0 Å². The van der Waals surface area contributed by atoms with E-state index in [0.717, 1.165) is 6.54 Å². The van der Waals surface area contributed by atoms with Gasteiger partial charge in [-0.2, -0.15) is 0 Å². The molecule has 0 aromatic carbocycles. The minimum atomic E-state index is -1.46. The summed E-state index contributed by atoms with van der Waals surface area (Å²) in [5.74, 6) is 0.416. The molecule has 0 saturated carbocycles. The molecule has 2 N–H and O–H groups in total. The molecule has 52 valence electrons. The molecule has 0 atom stereocenters. The van der Waals surface area contributed by atoms with Crippen molar-refractivity contribution in [3.8, 4) is 0 Å². The van der Waals surface area contributed by atoms with Crippen molar-refractivity contribution in [2.45, 2.75) is 6.10 Å². The fraction of sp³-hybridized carbons (Fsp3) is 1.00.